The Labute approximate surface area is 86.6 Å². The Morgan fingerprint density at radius 2 is 1.71 bits per heavy atom. The number of nitrogens with zero attached hydrogens (tertiary/aromatic N) is 1. The van der Waals surface area contributed by atoms with Gasteiger partial charge in [0.2, 0.25) is 5.91 Å². The SMILES string of the molecule is CCN(CC)C(=O)[C@H]1CC[C@H](N)CC1. The summed E-state index contributed by atoms with van der Waals surface area (Å²) in [4.78, 5) is 13.9. The summed E-state index contributed by atoms with van der Waals surface area (Å²) in [5.41, 5.74) is 5.81. The predicted octanol–water partition coefficient (Wildman–Crippen LogP) is 1.37. The van der Waals surface area contributed by atoms with Crippen LogP contribution in [-0.4, -0.2) is 29.9 Å². The fourth-order valence-electron chi connectivity index (χ4n) is 2.16. The normalized spacial score (nSPS) is 27.4. The van der Waals surface area contributed by atoms with E-state index in [4.69, 9.17) is 5.73 Å². The molecule has 82 valence electrons. The van der Waals surface area contributed by atoms with Crippen LogP contribution >= 0.6 is 0 Å². The molecular formula is C11H22N2O. The molecule has 0 bridgehead atoms. The summed E-state index contributed by atoms with van der Waals surface area (Å²) in [5.74, 6) is 0.580. The van der Waals surface area contributed by atoms with Gasteiger partial charge in [-0.05, 0) is 39.5 Å². The van der Waals surface area contributed by atoms with Crippen LogP contribution in [0.4, 0.5) is 0 Å². The molecule has 1 fully saturated rings. The van der Waals surface area contributed by atoms with Crippen LogP contribution in [0.25, 0.3) is 0 Å². The molecule has 1 amide bonds. The second kappa shape index (κ2) is 5.35. The first-order valence-electron chi connectivity index (χ1n) is 5.73. The van der Waals surface area contributed by atoms with E-state index in [2.05, 4.69) is 0 Å². The summed E-state index contributed by atoms with van der Waals surface area (Å²) in [6.45, 7) is 5.74. The van der Waals surface area contributed by atoms with Crippen LogP contribution in [0.3, 0.4) is 0 Å². The van der Waals surface area contributed by atoms with Gasteiger partial charge in [-0.3, -0.25) is 4.79 Å². The molecule has 0 aliphatic heterocycles. The van der Waals surface area contributed by atoms with Crippen molar-refractivity contribution in [2.75, 3.05) is 13.1 Å². The molecule has 3 nitrogen and oxygen atoms in total. The summed E-state index contributed by atoms with van der Waals surface area (Å²) in [6, 6.07) is 0.329. The molecule has 1 aliphatic carbocycles. The lowest BCUT2D eigenvalue weighted by Gasteiger charge is -2.29. The van der Waals surface area contributed by atoms with Crippen LogP contribution in [0, 0.1) is 5.92 Å². The van der Waals surface area contributed by atoms with Gasteiger partial charge in [0.15, 0.2) is 0 Å². The van der Waals surface area contributed by atoms with E-state index in [1.165, 1.54) is 0 Å². The van der Waals surface area contributed by atoms with Crippen LogP contribution in [0.1, 0.15) is 39.5 Å². The minimum Gasteiger partial charge on any atom is -0.343 e. The second-order valence-corrected chi connectivity index (χ2v) is 4.12. The molecular weight excluding hydrogens is 176 g/mol. The van der Waals surface area contributed by atoms with Gasteiger partial charge in [0.25, 0.3) is 0 Å². The summed E-state index contributed by atoms with van der Waals surface area (Å²) >= 11 is 0. The Balaban J connectivity index is 2.44. The smallest absolute Gasteiger partial charge is 0.225 e. The Kier molecular flexibility index (Phi) is 4.39. The van der Waals surface area contributed by atoms with Gasteiger partial charge in [0.05, 0.1) is 0 Å². The second-order valence-electron chi connectivity index (χ2n) is 4.12. The van der Waals surface area contributed by atoms with Crippen molar-refractivity contribution >= 4 is 5.91 Å². The lowest BCUT2D eigenvalue weighted by Crippen LogP contribution is -2.39. The maximum Gasteiger partial charge on any atom is 0.225 e. The molecule has 0 radical (unpaired) electrons. The fourth-order valence-corrected chi connectivity index (χ4v) is 2.16. The zero-order valence-corrected chi connectivity index (χ0v) is 9.33. The summed E-state index contributed by atoms with van der Waals surface area (Å²) in [7, 11) is 0. The topological polar surface area (TPSA) is 46.3 Å². The number of hydrogen-bond acceptors (Lipinski definition) is 2. The van der Waals surface area contributed by atoms with Gasteiger partial charge in [0, 0.05) is 25.0 Å². The third kappa shape index (κ3) is 2.71. The number of hydrogen-bond donors (Lipinski definition) is 1. The minimum absolute atomic E-state index is 0.245. The molecule has 0 atom stereocenters. The van der Waals surface area contributed by atoms with E-state index in [0.29, 0.717) is 11.9 Å². The van der Waals surface area contributed by atoms with Crippen LogP contribution < -0.4 is 5.73 Å². The van der Waals surface area contributed by atoms with Crippen molar-refractivity contribution < 1.29 is 4.79 Å². The van der Waals surface area contributed by atoms with E-state index >= 15 is 0 Å². The molecule has 0 heterocycles. The molecule has 0 spiro atoms. The van der Waals surface area contributed by atoms with Gasteiger partial charge in [-0.15, -0.1) is 0 Å². The quantitative estimate of drug-likeness (QED) is 0.744. The highest BCUT2D eigenvalue weighted by Crippen LogP contribution is 2.24. The molecule has 14 heavy (non-hydrogen) atoms. The molecule has 1 aliphatic rings. The van der Waals surface area contributed by atoms with Crippen LogP contribution in [0.2, 0.25) is 0 Å². The molecule has 2 N–H and O–H groups in total. The number of rotatable bonds is 3. The summed E-state index contributed by atoms with van der Waals surface area (Å²) < 4.78 is 0. The maximum atomic E-state index is 12.0. The van der Waals surface area contributed by atoms with E-state index in [1.54, 1.807) is 0 Å². The molecule has 1 rings (SSSR count). The Bertz CT molecular complexity index is 182. The van der Waals surface area contributed by atoms with E-state index < -0.39 is 0 Å². The zero-order chi connectivity index (χ0) is 10.6. The number of amides is 1. The highest BCUT2D eigenvalue weighted by Gasteiger charge is 2.26. The van der Waals surface area contributed by atoms with Crippen molar-refractivity contribution in [2.45, 2.75) is 45.6 Å². The number of carbonyl (C=O) groups excluding carboxylic acids is 1. The molecule has 3 heteroatoms. The number of nitrogens with two attached hydrogens (primary N) is 1. The first kappa shape index (κ1) is 11.5. The monoisotopic (exact) mass is 198 g/mol. The molecule has 0 aromatic rings. The van der Waals surface area contributed by atoms with Crippen LogP contribution in [0.5, 0.6) is 0 Å². The van der Waals surface area contributed by atoms with Crippen molar-refractivity contribution in [2.24, 2.45) is 11.7 Å². The zero-order valence-electron chi connectivity index (χ0n) is 9.33. The van der Waals surface area contributed by atoms with Gasteiger partial charge < -0.3 is 10.6 Å². The van der Waals surface area contributed by atoms with Crippen molar-refractivity contribution in [1.82, 2.24) is 4.90 Å². The van der Waals surface area contributed by atoms with Gasteiger partial charge in [-0.1, -0.05) is 0 Å². The lowest BCUT2D eigenvalue weighted by molar-refractivity contribution is -0.136. The summed E-state index contributed by atoms with van der Waals surface area (Å²) in [5, 5.41) is 0. The molecule has 0 aromatic heterocycles. The van der Waals surface area contributed by atoms with Crippen molar-refractivity contribution in [3.8, 4) is 0 Å². The fraction of sp³-hybridized carbons (Fsp3) is 0.909. The lowest BCUT2D eigenvalue weighted by atomic mass is 9.85. The maximum absolute atomic E-state index is 12.0. The highest BCUT2D eigenvalue weighted by atomic mass is 16.2. The highest BCUT2D eigenvalue weighted by molar-refractivity contribution is 5.78. The van der Waals surface area contributed by atoms with Crippen molar-refractivity contribution in [3.05, 3.63) is 0 Å². The van der Waals surface area contributed by atoms with Crippen LogP contribution in [0.15, 0.2) is 0 Å². The van der Waals surface area contributed by atoms with E-state index in [1.807, 2.05) is 18.7 Å². The number of carbonyl (C=O) groups is 1. The average Bonchev–Trinajstić information content (AvgIpc) is 2.20. The van der Waals surface area contributed by atoms with Gasteiger partial charge in [-0.2, -0.15) is 0 Å². The van der Waals surface area contributed by atoms with E-state index in [0.717, 1.165) is 38.8 Å². The van der Waals surface area contributed by atoms with E-state index in [9.17, 15) is 4.79 Å². The molecule has 0 aromatic carbocycles. The molecule has 0 saturated heterocycles. The first-order chi connectivity index (χ1) is 6.69. The largest absolute Gasteiger partial charge is 0.343 e. The van der Waals surface area contributed by atoms with Gasteiger partial charge in [0.1, 0.15) is 0 Å². The van der Waals surface area contributed by atoms with Crippen molar-refractivity contribution in [1.29, 1.82) is 0 Å². The first-order valence-corrected chi connectivity index (χ1v) is 5.73. The third-order valence-electron chi connectivity index (χ3n) is 3.20. The summed E-state index contributed by atoms with van der Waals surface area (Å²) in [6.07, 6.45) is 3.99. The Morgan fingerprint density at radius 1 is 1.21 bits per heavy atom. The molecule has 1 saturated carbocycles. The van der Waals surface area contributed by atoms with Crippen molar-refractivity contribution in [3.63, 3.8) is 0 Å². The minimum atomic E-state index is 0.245. The van der Waals surface area contributed by atoms with E-state index in [-0.39, 0.29) is 5.92 Å². The van der Waals surface area contributed by atoms with Gasteiger partial charge >= 0.3 is 0 Å². The van der Waals surface area contributed by atoms with Crippen LogP contribution in [-0.2, 0) is 4.79 Å². The predicted molar refractivity (Wildman–Crippen MR) is 57.9 cm³/mol. The standard InChI is InChI=1S/C11H22N2O/c1-3-13(4-2)11(14)9-5-7-10(12)8-6-9/h9-10H,3-8,12H2,1-2H3/t9-,10-. The Hall–Kier alpha value is -0.570. The Morgan fingerprint density at radius 3 is 2.14 bits per heavy atom. The van der Waals surface area contributed by atoms with Gasteiger partial charge in [-0.25, -0.2) is 0 Å². The molecule has 0 unspecified atom stereocenters. The third-order valence-corrected chi connectivity index (χ3v) is 3.20. The average molecular weight is 198 g/mol.